The third-order valence-corrected chi connectivity index (χ3v) is 5.27. The number of nitrogens with zero attached hydrogens (tertiary/aromatic N) is 3. The average molecular weight is 312 g/mol. The van der Waals surface area contributed by atoms with Gasteiger partial charge in [0, 0.05) is 25.7 Å². The molecule has 116 valence electrons. The van der Waals surface area contributed by atoms with Gasteiger partial charge in [-0.3, -0.25) is 4.79 Å². The zero-order valence-corrected chi connectivity index (χ0v) is 13.1. The summed E-state index contributed by atoms with van der Waals surface area (Å²) in [5.74, 6) is 0.491. The molecule has 1 amide bonds. The van der Waals surface area contributed by atoms with Crippen molar-refractivity contribution in [2.45, 2.75) is 25.8 Å². The van der Waals surface area contributed by atoms with Crippen LogP contribution in [-0.2, 0) is 9.84 Å². The number of sulfone groups is 1. The topological polar surface area (TPSA) is 92.3 Å². The molecule has 7 nitrogen and oxygen atoms in total. The molecule has 1 aromatic rings. The van der Waals surface area contributed by atoms with Crippen LogP contribution < -0.4 is 5.32 Å². The predicted octanol–water partition coefficient (Wildman–Crippen LogP) is 0.558. The van der Waals surface area contributed by atoms with Gasteiger partial charge in [0.05, 0.1) is 11.5 Å². The van der Waals surface area contributed by atoms with Crippen LogP contribution in [0.3, 0.4) is 0 Å². The summed E-state index contributed by atoms with van der Waals surface area (Å²) in [4.78, 5) is 21.9. The second kappa shape index (κ2) is 6.38. The Morgan fingerprint density at radius 2 is 2.24 bits per heavy atom. The van der Waals surface area contributed by atoms with Crippen molar-refractivity contribution in [1.82, 2.24) is 14.9 Å². The fraction of sp³-hybridized carbons (Fsp3) is 0.615. The van der Waals surface area contributed by atoms with Crippen molar-refractivity contribution in [2.75, 3.05) is 30.4 Å². The van der Waals surface area contributed by atoms with Gasteiger partial charge < -0.3 is 10.2 Å². The Morgan fingerprint density at radius 3 is 2.86 bits per heavy atom. The molecule has 0 saturated carbocycles. The highest BCUT2D eigenvalue weighted by atomic mass is 32.2. The third kappa shape index (κ3) is 3.90. The van der Waals surface area contributed by atoms with E-state index >= 15 is 0 Å². The molecule has 2 rings (SSSR count). The molecule has 8 heteroatoms. The van der Waals surface area contributed by atoms with E-state index in [9.17, 15) is 13.2 Å². The molecule has 0 bridgehead atoms. The van der Waals surface area contributed by atoms with Gasteiger partial charge >= 0.3 is 0 Å². The van der Waals surface area contributed by atoms with Gasteiger partial charge in [-0.05, 0) is 12.8 Å². The predicted molar refractivity (Wildman–Crippen MR) is 80.0 cm³/mol. The van der Waals surface area contributed by atoms with Crippen molar-refractivity contribution in [2.24, 2.45) is 0 Å². The number of carbonyl (C=O) groups is 1. The number of amides is 1. The normalized spacial score (nSPS) is 20.2. The van der Waals surface area contributed by atoms with Crippen molar-refractivity contribution in [3.8, 4) is 0 Å². The van der Waals surface area contributed by atoms with E-state index < -0.39 is 9.84 Å². The van der Waals surface area contributed by atoms with Gasteiger partial charge in [0.15, 0.2) is 9.84 Å². The smallest absolute Gasteiger partial charge is 0.272 e. The summed E-state index contributed by atoms with van der Waals surface area (Å²) in [7, 11) is -1.40. The molecule has 1 aliphatic rings. The number of nitrogens with one attached hydrogen (secondary N) is 1. The molecule has 21 heavy (non-hydrogen) atoms. The average Bonchev–Trinajstić information content (AvgIpc) is 2.84. The lowest BCUT2D eigenvalue weighted by Crippen LogP contribution is -2.38. The van der Waals surface area contributed by atoms with Gasteiger partial charge in [0.2, 0.25) is 0 Å². The zero-order chi connectivity index (χ0) is 15.5. The molecule has 1 N–H and O–H groups in total. The molecule has 1 saturated heterocycles. The van der Waals surface area contributed by atoms with E-state index in [1.807, 2.05) is 6.92 Å². The highest BCUT2D eigenvalue weighted by Gasteiger charge is 2.33. The van der Waals surface area contributed by atoms with Crippen LogP contribution in [0.4, 0.5) is 5.82 Å². The maximum Gasteiger partial charge on any atom is 0.272 e. The van der Waals surface area contributed by atoms with Crippen LogP contribution in [0, 0.1) is 0 Å². The van der Waals surface area contributed by atoms with Crippen molar-refractivity contribution in [3.63, 3.8) is 0 Å². The molecule has 1 unspecified atom stereocenters. The van der Waals surface area contributed by atoms with Crippen molar-refractivity contribution in [1.29, 1.82) is 0 Å². The van der Waals surface area contributed by atoms with Crippen molar-refractivity contribution < 1.29 is 13.2 Å². The quantitative estimate of drug-likeness (QED) is 0.854. The van der Waals surface area contributed by atoms with Gasteiger partial charge in [0.25, 0.3) is 5.91 Å². The Morgan fingerprint density at radius 1 is 1.48 bits per heavy atom. The fourth-order valence-corrected chi connectivity index (χ4v) is 4.03. The number of hydrogen-bond donors (Lipinski definition) is 1. The highest BCUT2D eigenvalue weighted by Crippen LogP contribution is 2.18. The number of hydrogen-bond acceptors (Lipinski definition) is 6. The molecule has 0 aromatic carbocycles. The number of carbonyl (C=O) groups excluding carboxylic acids is 1. The van der Waals surface area contributed by atoms with Gasteiger partial charge in [-0.25, -0.2) is 18.4 Å². The number of aromatic nitrogens is 2. The summed E-state index contributed by atoms with van der Waals surface area (Å²) < 4.78 is 23.0. The van der Waals surface area contributed by atoms with E-state index in [2.05, 4.69) is 15.3 Å². The SMILES string of the molecule is CCCNc1cc(C(=O)N(C)C2CCS(=O)(=O)C2)ncn1. The minimum Gasteiger partial charge on any atom is -0.370 e. The summed E-state index contributed by atoms with van der Waals surface area (Å²) in [6, 6.07) is 1.32. The second-order valence-corrected chi connectivity index (χ2v) is 7.42. The van der Waals surface area contributed by atoms with E-state index in [1.165, 1.54) is 11.2 Å². The summed E-state index contributed by atoms with van der Waals surface area (Å²) in [5.41, 5.74) is 0.274. The molecule has 2 heterocycles. The van der Waals surface area contributed by atoms with Gasteiger partial charge in [-0.15, -0.1) is 0 Å². The molecule has 1 aromatic heterocycles. The molecular weight excluding hydrogens is 292 g/mol. The minimum absolute atomic E-state index is 0.0290. The van der Waals surface area contributed by atoms with Crippen molar-refractivity contribution in [3.05, 3.63) is 18.1 Å². The van der Waals surface area contributed by atoms with Crippen LogP contribution in [0.1, 0.15) is 30.3 Å². The molecule has 0 spiro atoms. The van der Waals surface area contributed by atoms with E-state index in [0.29, 0.717) is 12.2 Å². The maximum atomic E-state index is 12.4. The second-order valence-electron chi connectivity index (χ2n) is 5.19. The van der Waals surface area contributed by atoms with E-state index in [4.69, 9.17) is 0 Å². The number of rotatable bonds is 5. The third-order valence-electron chi connectivity index (χ3n) is 3.52. The van der Waals surface area contributed by atoms with E-state index in [1.54, 1.807) is 13.1 Å². The lowest BCUT2D eigenvalue weighted by atomic mass is 10.2. The Labute approximate surface area is 124 Å². The standard InChI is InChI=1S/C13H20N4O3S/c1-3-5-14-12-7-11(15-9-16-12)13(18)17(2)10-4-6-21(19,20)8-10/h7,9-10H,3-6,8H2,1-2H3,(H,14,15,16). The highest BCUT2D eigenvalue weighted by molar-refractivity contribution is 7.91. The summed E-state index contributed by atoms with van der Waals surface area (Å²) in [6.07, 6.45) is 2.77. The van der Waals surface area contributed by atoms with Crippen LogP contribution >= 0.6 is 0 Å². The first-order valence-corrected chi connectivity index (χ1v) is 8.78. The molecule has 1 atom stereocenters. The Kier molecular flexibility index (Phi) is 4.76. The fourth-order valence-electron chi connectivity index (χ4n) is 2.25. The minimum atomic E-state index is -3.02. The molecule has 1 aliphatic heterocycles. The van der Waals surface area contributed by atoms with Crippen LogP contribution in [0.2, 0.25) is 0 Å². The van der Waals surface area contributed by atoms with Gasteiger partial charge in [0.1, 0.15) is 17.8 Å². The van der Waals surface area contributed by atoms with E-state index in [-0.39, 0.29) is 29.1 Å². The molecular formula is C13H20N4O3S. The van der Waals surface area contributed by atoms with E-state index in [0.717, 1.165) is 13.0 Å². The lowest BCUT2D eigenvalue weighted by Gasteiger charge is -2.23. The zero-order valence-electron chi connectivity index (χ0n) is 12.2. The number of anilines is 1. The van der Waals surface area contributed by atoms with Crippen molar-refractivity contribution >= 4 is 21.6 Å². The van der Waals surface area contributed by atoms with Crippen LogP contribution in [0.25, 0.3) is 0 Å². The Hall–Kier alpha value is -1.70. The van der Waals surface area contributed by atoms with Crippen LogP contribution in [-0.4, -0.2) is 60.3 Å². The Balaban J connectivity index is 2.09. The van der Waals surface area contributed by atoms with Crippen LogP contribution in [0.5, 0.6) is 0 Å². The largest absolute Gasteiger partial charge is 0.370 e. The molecule has 1 fully saturated rings. The Bertz CT molecular complexity index is 618. The summed E-state index contributed by atoms with van der Waals surface area (Å²) >= 11 is 0. The van der Waals surface area contributed by atoms with Gasteiger partial charge in [-0.1, -0.05) is 6.92 Å². The molecule has 0 aliphatic carbocycles. The first-order chi connectivity index (χ1) is 9.93. The summed E-state index contributed by atoms with van der Waals surface area (Å²) in [5, 5.41) is 3.09. The maximum absolute atomic E-state index is 12.4. The molecule has 0 radical (unpaired) electrons. The van der Waals surface area contributed by atoms with Crippen LogP contribution in [0.15, 0.2) is 12.4 Å². The summed E-state index contributed by atoms with van der Waals surface area (Å²) in [6.45, 7) is 2.80. The monoisotopic (exact) mass is 312 g/mol. The first kappa shape index (κ1) is 15.7. The van der Waals surface area contributed by atoms with Gasteiger partial charge in [-0.2, -0.15) is 0 Å². The lowest BCUT2D eigenvalue weighted by molar-refractivity contribution is 0.0741. The first-order valence-electron chi connectivity index (χ1n) is 6.96.